The fourth-order valence-electron chi connectivity index (χ4n) is 1.92. The van der Waals surface area contributed by atoms with E-state index in [1.807, 2.05) is 0 Å². The summed E-state index contributed by atoms with van der Waals surface area (Å²) in [4.78, 5) is 0. The Morgan fingerprint density at radius 2 is 1.70 bits per heavy atom. The number of nitrogens with zero attached hydrogens (tertiary/aromatic N) is 1. The van der Waals surface area contributed by atoms with Gasteiger partial charge < -0.3 is 15.2 Å². The van der Waals surface area contributed by atoms with Crippen molar-refractivity contribution in [3.63, 3.8) is 0 Å². The minimum absolute atomic E-state index is 0.459. The standard InChI is InChI=1S/C13H15Cl2N3O2/c1-19-9-6-10(20-2)13(15)8(12(9)14)4-3-7-5-11(16)18-17-7/h5-6H,3-4H2,1-2H3,(H3,16,17,18). The van der Waals surface area contributed by atoms with Crippen LogP contribution < -0.4 is 15.2 Å². The van der Waals surface area contributed by atoms with Crippen LogP contribution in [-0.4, -0.2) is 24.4 Å². The van der Waals surface area contributed by atoms with E-state index >= 15 is 0 Å². The molecule has 0 aliphatic rings. The van der Waals surface area contributed by atoms with Crippen LogP contribution in [0, 0.1) is 0 Å². The van der Waals surface area contributed by atoms with Crippen molar-refractivity contribution >= 4 is 29.0 Å². The summed E-state index contributed by atoms with van der Waals surface area (Å²) in [6.07, 6.45) is 1.30. The predicted molar refractivity (Wildman–Crippen MR) is 80.0 cm³/mol. The molecule has 2 rings (SSSR count). The molecule has 0 bridgehead atoms. The van der Waals surface area contributed by atoms with E-state index in [4.69, 9.17) is 38.4 Å². The lowest BCUT2D eigenvalue weighted by atomic mass is 10.1. The van der Waals surface area contributed by atoms with Crippen LogP contribution in [0.15, 0.2) is 12.1 Å². The lowest BCUT2D eigenvalue weighted by molar-refractivity contribution is 0.393. The third-order valence-corrected chi connectivity index (χ3v) is 3.79. The second-order valence-corrected chi connectivity index (χ2v) is 4.96. The molecule has 1 aromatic heterocycles. The maximum absolute atomic E-state index is 6.30. The lowest BCUT2D eigenvalue weighted by Crippen LogP contribution is -1.98. The predicted octanol–water partition coefficient (Wildman–Crippen LogP) is 3.10. The van der Waals surface area contributed by atoms with E-state index < -0.39 is 0 Å². The molecule has 5 nitrogen and oxygen atoms in total. The van der Waals surface area contributed by atoms with Crippen molar-refractivity contribution in [3.8, 4) is 11.5 Å². The summed E-state index contributed by atoms with van der Waals surface area (Å²) in [6, 6.07) is 3.45. The molecule has 1 aromatic carbocycles. The van der Waals surface area contributed by atoms with Gasteiger partial charge in [-0.15, -0.1) is 0 Å². The molecule has 0 fully saturated rings. The molecule has 0 aliphatic heterocycles. The number of hydrogen-bond donors (Lipinski definition) is 2. The van der Waals surface area contributed by atoms with Gasteiger partial charge in [0, 0.05) is 17.8 Å². The highest BCUT2D eigenvalue weighted by molar-refractivity contribution is 6.37. The molecule has 0 saturated heterocycles. The van der Waals surface area contributed by atoms with Crippen LogP contribution in [0.3, 0.4) is 0 Å². The van der Waals surface area contributed by atoms with Gasteiger partial charge in [0.1, 0.15) is 17.3 Å². The molecule has 0 saturated carbocycles. The Balaban J connectivity index is 2.29. The second-order valence-electron chi connectivity index (χ2n) is 4.21. The first-order chi connectivity index (χ1) is 9.56. The van der Waals surface area contributed by atoms with Crippen LogP contribution in [0.1, 0.15) is 11.3 Å². The fourth-order valence-corrected chi connectivity index (χ4v) is 2.61. The first-order valence-corrected chi connectivity index (χ1v) is 6.71. The smallest absolute Gasteiger partial charge is 0.145 e. The van der Waals surface area contributed by atoms with Crippen molar-refractivity contribution in [1.29, 1.82) is 0 Å². The largest absolute Gasteiger partial charge is 0.495 e. The lowest BCUT2D eigenvalue weighted by Gasteiger charge is -2.14. The van der Waals surface area contributed by atoms with Gasteiger partial charge in [-0.3, -0.25) is 5.10 Å². The Morgan fingerprint density at radius 3 is 2.15 bits per heavy atom. The summed E-state index contributed by atoms with van der Waals surface area (Å²) in [7, 11) is 3.10. The number of benzene rings is 1. The summed E-state index contributed by atoms with van der Waals surface area (Å²) in [5.41, 5.74) is 7.25. The first kappa shape index (κ1) is 14.8. The molecular formula is C13H15Cl2N3O2. The molecular weight excluding hydrogens is 301 g/mol. The zero-order chi connectivity index (χ0) is 14.7. The molecule has 0 amide bonds. The molecule has 108 valence electrons. The van der Waals surface area contributed by atoms with Crippen molar-refractivity contribution < 1.29 is 9.47 Å². The SMILES string of the molecule is COc1cc(OC)c(Cl)c(CCc2cc(N)n[nH]2)c1Cl. The average Bonchev–Trinajstić information content (AvgIpc) is 2.85. The van der Waals surface area contributed by atoms with Gasteiger partial charge in [-0.1, -0.05) is 23.2 Å². The molecule has 3 N–H and O–H groups in total. The van der Waals surface area contributed by atoms with Gasteiger partial charge in [0.05, 0.1) is 24.3 Å². The summed E-state index contributed by atoms with van der Waals surface area (Å²) >= 11 is 12.6. The number of nitrogens with one attached hydrogen (secondary N) is 1. The number of nitrogen functional groups attached to an aromatic ring is 1. The van der Waals surface area contributed by atoms with Crippen molar-refractivity contribution in [2.45, 2.75) is 12.8 Å². The zero-order valence-corrected chi connectivity index (χ0v) is 12.7. The number of anilines is 1. The highest BCUT2D eigenvalue weighted by Crippen LogP contribution is 2.40. The van der Waals surface area contributed by atoms with Crippen LogP contribution in [0.2, 0.25) is 10.0 Å². The van der Waals surface area contributed by atoms with Gasteiger partial charge in [-0.25, -0.2) is 0 Å². The number of methoxy groups -OCH3 is 2. The number of aryl methyl sites for hydroxylation is 1. The summed E-state index contributed by atoms with van der Waals surface area (Å²) in [5.74, 6) is 1.53. The molecule has 7 heteroatoms. The topological polar surface area (TPSA) is 73.2 Å². The maximum Gasteiger partial charge on any atom is 0.145 e. The number of H-pyrrole nitrogens is 1. The van der Waals surface area contributed by atoms with Gasteiger partial charge in [-0.2, -0.15) is 5.10 Å². The van der Waals surface area contributed by atoms with Gasteiger partial charge in [0.15, 0.2) is 0 Å². The highest BCUT2D eigenvalue weighted by Gasteiger charge is 2.17. The number of ether oxygens (including phenoxy) is 2. The number of rotatable bonds is 5. The van der Waals surface area contributed by atoms with Crippen molar-refractivity contribution in [3.05, 3.63) is 33.4 Å². The van der Waals surface area contributed by atoms with E-state index in [2.05, 4.69) is 10.2 Å². The summed E-state index contributed by atoms with van der Waals surface area (Å²) < 4.78 is 10.5. The van der Waals surface area contributed by atoms with Crippen molar-refractivity contribution in [2.75, 3.05) is 20.0 Å². The summed E-state index contributed by atoms with van der Waals surface area (Å²) in [6.45, 7) is 0. The second kappa shape index (κ2) is 6.24. The Hall–Kier alpha value is -1.59. The Bertz CT molecular complexity index is 586. The Labute approximate surface area is 127 Å². The van der Waals surface area contributed by atoms with Crippen LogP contribution in [-0.2, 0) is 12.8 Å². The molecule has 0 unspecified atom stereocenters. The van der Waals surface area contributed by atoms with Crippen LogP contribution in [0.25, 0.3) is 0 Å². The third kappa shape index (κ3) is 2.94. The third-order valence-electron chi connectivity index (χ3n) is 2.96. The minimum atomic E-state index is 0.459. The van der Waals surface area contributed by atoms with E-state index in [1.54, 1.807) is 26.4 Å². The van der Waals surface area contributed by atoms with Gasteiger partial charge in [0.25, 0.3) is 0 Å². The van der Waals surface area contributed by atoms with Crippen LogP contribution in [0.4, 0.5) is 5.82 Å². The Morgan fingerprint density at radius 1 is 1.10 bits per heavy atom. The average molecular weight is 316 g/mol. The summed E-state index contributed by atoms with van der Waals surface area (Å²) in [5, 5.41) is 7.71. The quantitative estimate of drug-likeness (QED) is 0.889. The number of aromatic nitrogens is 2. The van der Waals surface area contributed by atoms with E-state index in [1.165, 1.54) is 0 Å². The van der Waals surface area contributed by atoms with E-state index in [-0.39, 0.29) is 0 Å². The number of nitrogens with two attached hydrogens (primary N) is 1. The maximum atomic E-state index is 6.30. The number of aromatic amines is 1. The minimum Gasteiger partial charge on any atom is -0.495 e. The van der Waals surface area contributed by atoms with E-state index in [0.717, 1.165) is 11.3 Å². The molecule has 0 atom stereocenters. The molecule has 0 radical (unpaired) electrons. The molecule has 0 spiro atoms. The monoisotopic (exact) mass is 315 g/mol. The van der Waals surface area contributed by atoms with Crippen molar-refractivity contribution in [2.24, 2.45) is 0 Å². The van der Waals surface area contributed by atoms with Gasteiger partial charge >= 0.3 is 0 Å². The fraction of sp³-hybridized carbons (Fsp3) is 0.308. The van der Waals surface area contributed by atoms with E-state index in [9.17, 15) is 0 Å². The van der Waals surface area contributed by atoms with Gasteiger partial charge in [-0.05, 0) is 18.4 Å². The number of halogens is 2. The highest BCUT2D eigenvalue weighted by atomic mass is 35.5. The Kier molecular flexibility index (Phi) is 4.62. The van der Waals surface area contributed by atoms with Crippen LogP contribution in [0.5, 0.6) is 11.5 Å². The van der Waals surface area contributed by atoms with E-state index in [0.29, 0.717) is 40.2 Å². The number of hydrogen-bond acceptors (Lipinski definition) is 4. The molecule has 1 heterocycles. The molecule has 0 aliphatic carbocycles. The zero-order valence-electron chi connectivity index (χ0n) is 11.2. The van der Waals surface area contributed by atoms with Crippen molar-refractivity contribution in [1.82, 2.24) is 10.2 Å². The molecule has 2 aromatic rings. The molecule has 20 heavy (non-hydrogen) atoms. The van der Waals surface area contributed by atoms with Crippen LogP contribution >= 0.6 is 23.2 Å². The normalized spacial score (nSPS) is 10.6. The van der Waals surface area contributed by atoms with Gasteiger partial charge in [0.2, 0.25) is 0 Å². The first-order valence-electron chi connectivity index (χ1n) is 5.95.